The van der Waals surface area contributed by atoms with E-state index in [-0.39, 0.29) is 18.0 Å². The minimum absolute atomic E-state index is 0.180. The molecule has 0 unspecified atom stereocenters. The fourth-order valence-electron chi connectivity index (χ4n) is 1.77. The standard InChI is InChI=1S/C12H16N6O2/c1-4-20-11(19)9-6-14-12(15-10(9)16-13)18-8(3)5-7(2)17-18/h5-6H,4,13H2,1-3H3,(H,14,15,16). The van der Waals surface area contributed by atoms with Gasteiger partial charge in [0, 0.05) is 11.9 Å². The van der Waals surface area contributed by atoms with Crippen molar-refractivity contribution in [2.45, 2.75) is 20.8 Å². The first kappa shape index (κ1) is 13.9. The van der Waals surface area contributed by atoms with Gasteiger partial charge in [0.1, 0.15) is 5.56 Å². The molecule has 0 bridgehead atoms. The van der Waals surface area contributed by atoms with Gasteiger partial charge in [-0.15, -0.1) is 0 Å². The Kier molecular flexibility index (Phi) is 3.94. The van der Waals surface area contributed by atoms with Crippen LogP contribution in [0.4, 0.5) is 5.82 Å². The number of nitrogens with two attached hydrogens (primary N) is 1. The van der Waals surface area contributed by atoms with Crippen LogP contribution >= 0.6 is 0 Å². The van der Waals surface area contributed by atoms with E-state index in [0.717, 1.165) is 11.4 Å². The minimum atomic E-state index is -0.527. The quantitative estimate of drug-likeness (QED) is 0.481. The molecular weight excluding hydrogens is 260 g/mol. The van der Waals surface area contributed by atoms with Gasteiger partial charge in [0.15, 0.2) is 5.82 Å². The predicted molar refractivity (Wildman–Crippen MR) is 72.4 cm³/mol. The number of nitrogens with zero attached hydrogens (tertiary/aromatic N) is 4. The Morgan fingerprint density at radius 1 is 1.50 bits per heavy atom. The molecule has 0 radical (unpaired) electrons. The van der Waals surface area contributed by atoms with Gasteiger partial charge in [0.25, 0.3) is 5.95 Å². The molecule has 8 heteroatoms. The van der Waals surface area contributed by atoms with Crippen LogP contribution in [0.2, 0.25) is 0 Å². The van der Waals surface area contributed by atoms with Crippen molar-refractivity contribution in [1.82, 2.24) is 19.7 Å². The maximum absolute atomic E-state index is 11.7. The summed E-state index contributed by atoms with van der Waals surface area (Å²) in [6, 6.07) is 1.90. The van der Waals surface area contributed by atoms with Crippen LogP contribution in [-0.4, -0.2) is 32.3 Å². The molecular formula is C12H16N6O2. The molecule has 0 saturated heterocycles. The normalized spacial score (nSPS) is 10.4. The van der Waals surface area contributed by atoms with Gasteiger partial charge in [-0.25, -0.2) is 20.3 Å². The molecule has 0 atom stereocenters. The van der Waals surface area contributed by atoms with Gasteiger partial charge in [-0.2, -0.15) is 10.1 Å². The van der Waals surface area contributed by atoms with Gasteiger partial charge >= 0.3 is 5.97 Å². The van der Waals surface area contributed by atoms with E-state index in [9.17, 15) is 4.79 Å². The number of nitrogen functional groups attached to an aromatic ring is 1. The summed E-state index contributed by atoms with van der Waals surface area (Å²) in [6.45, 7) is 5.75. The minimum Gasteiger partial charge on any atom is -0.462 e. The van der Waals surface area contributed by atoms with E-state index in [1.54, 1.807) is 11.6 Å². The number of carbonyl (C=O) groups is 1. The van der Waals surface area contributed by atoms with Crippen LogP contribution in [0.25, 0.3) is 5.95 Å². The molecule has 8 nitrogen and oxygen atoms in total. The predicted octanol–water partition coefficient (Wildman–Crippen LogP) is 0.741. The van der Waals surface area contributed by atoms with Crippen molar-refractivity contribution >= 4 is 11.8 Å². The molecule has 3 N–H and O–H groups in total. The van der Waals surface area contributed by atoms with Crippen molar-refractivity contribution < 1.29 is 9.53 Å². The Hall–Kier alpha value is -2.48. The Bertz CT molecular complexity index is 637. The number of hydrazine groups is 1. The zero-order chi connectivity index (χ0) is 14.7. The average molecular weight is 276 g/mol. The molecule has 2 rings (SSSR count). The smallest absolute Gasteiger partial charge is 0.343 e. The monoisotopic (exact) mass is 276 g/mol. The van der Waals surface area contributed by atoms with Gasteiger partial charge in [-0.05, 0) is 26.8 Å². The number of esters is 1. The van der Waals surface area contributed by atoms with Crippen molar-refractivity contribution in [3.8, 4) is 5.95 Å². The lowest BCUT2D eigenvalue weighted by atomic mass is 10.3. The maximum Gasteiger partial charge on any atom is 0.343 e. The summed E-state index contributed by atoms with van der Waals surface area (Å²) in [7, 11) is 0. The largest absolute Gasteiger partial charge is 0.462 e. The highest BCUT2D eigenvalue weighted by Crippen LogP contribution is 2.15. The summed E-state index contributed by atoms with van der Waals surface area (Å²) in [6.07, 6.45) is 1.37. The molecule has 0 fully saturated rings. The third kappa shape index (κ3) is 2.59. The van der Waals surface area contributed by atoms with Crippen LogP contribution in [0.3, 0.4) is 0 Å². The number of aryl methyl sites for hydroxylation is 2. The van der Waals surface area contributed by atoms with Crippen LogP contribution in [-0.2, 0) is 4.74 Å². The summed E-state index contributed by atoms with van der Waals surface area (Å²) < 4.78 is 6.48. The number of aromatic nitrogens is 4. The third-order valence-electron chi connectivity index (χ3n) is 2.61. The first-order chi connectivity index (χ1) is 9.56. The van der Waals surface area contributed by atoms with Crippen molar-refractivity contribution in [3.05, 3.63) is 29.2 Å². The van der Waals surface area contributed by atoms with E-state index in [0.29, 0.717) is 5.95 Å². The molecule has 0 aliphatic heterocycles. The van der Waals surface area contributed by atoms with E-state index in [1.807, 2.05) is 19.9 Å². The van der Waals surface area contributed by atoms with Crippen molar-refractivity contribution in [2.24, 2.45) is 5.84 Å². The second-order valence-corrected chi connectivity index (χ2v) is 4.14. The Morgan fingerprint density at radius 3 is 2.80 bits per heavy atom. The number of hydrogen-bond donors (Lipinski definition) is 2. The Labute approximate surface area is 115 Å². The second-order valence-electron chi connectivity index (χ2n) is 4.14. The lowest BCUT2D eigenvalue weighted by Gasteiger charge is -2.09. The van der Waals surface area contributed by atoms with E-state index >= 15 is 0 Å². The van der Waals surface area contributed by atoms with Crippen molar-refractivity contribution in [3.63, 3.8) is 0 Å². The summed E-state index contributed by atoms with van der Waals surface area (Å²) in [5.74, 6) is 5.40. The summed E-state index contributed by atoms with van der Waals surface area (Å²) >= 11 is 0. The SMILES string of the molecule is CCOC(=O)c1cnc(-n2nc(C)cc2C)nc1NN. The molecule has 20 heavy (non-hydrogen) atoms. The van der Waals surface area contributed by atoms with E-state index in [1.165, 1.54) is 6.20 Å². The first-order valence-corrected chi connectivity index (χ1v) is 6.11. The number of hydrogen-bond acceptors (Lipinski definition) is 7. The zero-order valence-corrected chi connectivity index (χ0v) is 11.5. The van der Waals surface area contributed by atoms with E-state index in [4.69, 9.17) is 10.6 Å². The number of ether oxygens (including phenoxy) is 1. The zero-order valence-electron chi connectivity index (χ0n) is 11.5. The Balaban J connectivity index is 2.44. The Morgan fingerprint density at radius 2 is 2.25 bits per heavy atom. The molecule has 0 aromatic carbocycles. The molecule has 2 heterocycles. The lowest BCUT2D eigenvalue weighted by Crippen LogP contribution is -2.18. The topological polar surface area (TPSA) is 108 Å². The number of rotatable bonds is 4. The van der Waals surface area contributed by atoms with Crippen LogP contribution in [0.5, 0.6) is 0 Å². The van der Waals surface area contributed by atoms with Crippen LogP contribution in [0.15, 0.2) is 12.3 Å². The molecule has 0 amide bonds. The van der Waals surface area contributed by atoms with Gasteiger partial charge in [0.05, 0.1) is 12.3 Å². The maximum atomic E-state index is 11.7. The fraction of sp³-hybridized carbons (Fsp3) is 0.333. The molecule has 2 aromatic rings. The van der Waals surface area contributed by atoms with Crippen molar-refractivity contribution in [2.75, 3.05) is 12.0 Å². The highest BCUT2D eigenvalue weighted by atomic mass is 16.5. The number of nitrogens with one attached hydrogen (secondary N) is 1. The molecule has 2 aromatic heterocycles. The fourth-order valence-corrected chi connectivity index (χ4v) is 1.77. The molecule has 0 aliphatic carbocycles. The van der Waals surface area contributed by atoms with Crippen LogP contribution < -0.4 is 11.3 Å². The molecule has 106 valence electrons. The number of anilines is 1. The van der Waals surface area contributed by atoms with Crippen molar-refractivity contribution in [1.29, 1.82) is 0 Å². The summed E-state index contributed by atoms with van der Waals surface area (Å²) in [5.41, 5.74) is 4.29. The molecule has 0 aliphatic rings. The van der Waals surface area contributed by atoms with Gasteiger partial charge < -0.3 is 10.2 Å². The van der Waals surface area contributed by atoms with Gasteiger partial charge in [-0.3, -0.25) is 0 Å². The summed E-state index contributed by atoms with van der Waals surface area (Å²) in [5, 5.41) is 4.27. The lowest BCUT2D eigenvalue weighted by molar-refractivity contribution is 0.0526. The van der Waals surface area contributed by atoms with E-state index < -0.39 is 5.97 Å². The second kappa shape index (κ2) is 5.66. The molecule has 0 spiro atoms. The van der Waals surface area contributed by atoms with Gasteiger partial charge in [-0.1, -0.05) is 0 Å². The van der Waals surface area contributed by atoms with E-state index in [2.05, 4.69) is 20.5 Å². The highest BCUT2D eigenvalue weighted by molar-refractivity contribution is 5.94. The van der Waals surface area contributed by atoms with Crippen LogP contribution in [0, 0.1) is 13.8 Å². The molecule has 0 saturated carbocycles. The van der Waals surface area contributed by atoms with Gasteiger partial charge in [0.2, 0.25) is 0 Å². The van der Waals surface area contributed by atoms with Crippen LogP contribution in [0.1, 0.15) is 28.7 Å². The average Bonchev–Trinajstić information content (AvgIpc) is 2.77. The first-order valence-electron chi connectivity index (χ1n) is 6.11. The summed E-state index contributed by atoms with van der Waals surface area (Å²) in [4.78, 5) is 20.0. The highest BCUT2D eigenvalue weighted by Gasteiger charge is 2.16. The number of carbonyl (C=O) groups excluding carboxylic acids is 1. The third-order valence-corrected chi connectivity index (χ3v) is 2.61.